The second-order valence-corrected chi connectivity index (χ2v) is 6.19. The van der Waals surface area contributed by atoms with Gasteiger partial charge < -0.3 is 15.4 Å². The van der Waals surface area contributed by atoms with Crippen molar-refractivity contribution in [2.45, 2.75) is 19.9 Å². The van der Waals surface area contributed by atoms with E-state index in [1.807, 2.05) is 13.0 Å². The van der Waals surface area contributed by atoms with Crippen molar-refractivity contribution in [1.29, 1.82) is 5.26 Å². The minimum Gasteiger partial charge on any atom is -0.497 e. The largest absolute Gasteiger partial charge is 0.497 e. The molecule has 0 aliphatic carbocycles. The van der Waals surface area contributed by atoms with Crippen molar-refractivity contribution in [2.75, 3.05) is 30.8 Å². The molecule has 0 aliphatic rings. The Morgan fingerprint density at radius 3 is 2.18 bits per heavy atom. The number of nitrogens with zero attached hydrogens (tertiary/aromatic N) is 2. The van der Waals surface area contributed by atoms with Crippen LogP contribution < -0.4 is 15.4 Å². The fourth-order valence-corrected chi connectivity index (χ4v) is 2.62. The van der Waals surface area contributed by atoms with Crippen molar-refractivity contribution in [3.8, 4) is 11.8 Å². The van der Waals surface area contributed by atoms with Gasteiger partial charge in [0.1, 0.15) is 5.75 Å². The fourth-order valence-electron chi connectivity index (χ4n) is 2.62. The molecule has 2 N–H and O–H groups in total. The predicted octanol–water partition coefficient (Wildman–Crippen LogP) is 2.85. The zero-order chi connectivity index (χ0) is 20.5. The van der Waals surface area contributed by atoms with E-state index in [1.54, 1.807) is 67.5 Å². The summed E-state index contributed by atoms with van der Waals surface area (Å²) >= 11 is 0. The van der Waals surface area contributed by atoms with Crippen LogP contribution in [0.2, 0.25) is 0 Å². The zero-order valence-corrected chi connectivity index (χ0v) is 16.2. The number of likely N-dealkylation sites (N-methyl/N-ethyl adjacent to an activating group) is 1. The second kappa shape index (κ2) is 10.1. The quantitative estimate of drug-likeness (QED) is 0.734. The number of hydrogen-bond donors (Lipinski definition) is 2. The highest BCUT2D eigenvalue weighted by Gasteiger charge is 2.22. The lowest BCUT2D eigenvalue weighted by Crippen LogP contribution is -2.45. The number of benzene rings is 2. The molecule has 0 spiro atoms. The first-order valence-corrected chi connectivity index (χ1v) is 8.95. The number of methoxy groups -OCH3 is 1. The van der Waals surface area contributed by atoms with E-state index in [0.717, 1.165) is 0 Å². The van der Waals surface area contributed by atoms with Crippen LogP contribution in [0.1, 0.15) is 19.4 Å². The molecular weight excluding hydrogens is 356 g/mol. The van der Waals surface area contributed by atoms with Crippen molar-refractivity contribution >= 4 is 23.2 Å². The van der Waals surface area contributed by atoms with Crippen LogP contribution in [0.4, 0.5) is 11.4 Å². The van der Waals surface area contributed by atoms with Gasteiger partial charge in [0.25, 0.3) is 0 Å². The number of carbonyl (C=O) groups is 2. The molecule has 0 saturated carbocycles. The highest BCUT2D eigenvalue weighted by molar-refractivity contribution is 5.96. The van der Waals surface area contributed by atoms with E-state index in [-0.39, 0.29) is 18.4 Å². The molecule has 146 valence electrons. The lowest BCUT2D eigenvalue weighted by Gasteiger charge is -2.26. The average molecular weight is 380 g/mol. The Balaban J connectivity index is 1.93. The molecule has 0 saturated heterocycles. The Morgan fingerprint density at radius 1 is 1.07 bits per heavy atom. The Labute approximate surface area is 164 Å². The van der Waals surface area contributed by atoms with Gasteiger partial charge in [-0.2, -0.15) is 5.26 Å². The average Bonchev–Trinajstić information content (AvgIpc) is 2.72. The summed E-state index contributed by atoms with van der Waals surface area (Å²) in [5.41, 5.74) is 1.79. The Kier molecular flexibility index (Phi) is 7.55. The molecule has 2 aromatic carbocycles. The second-order valence-electron chi connectivity index (χ2n) is 6.19. The molecule has 1 unspecified atom stereocenters. The van der Waals surface area contributed by atoms with Crippen LogP contribution >= 0.6 is 0 Å². The van der Waals surface area contributed by atoms with Crippen LogP contribution in [0, 0.1) is 11.3 Å². The van der Waals surface area contributed by atoms with Crippen LogP contribution in [0.25, 0.3) is 0 Å². The van der Waals surface area contributed by atoms with E-state index in [9.17, 15) is 9.59 Å². The Morgan fingerprint density at radius 2 is 1.64 bits per heavy atom. The number of nitriles is 1. The smallest absolute Gasteiger partial charge is 0.241 e. The summed E-state index contributed by atoms with van der Waals surface area (Å²) in [6.45, 7) is 4.28. The van der Waals surface area contributed by atoms with Gasteiger partial charge in [0.2, 0.25) is 11.8 Å². The summed E-state index contributed by atoms with van der Waals surface area (Å²) in [4.78, 5) is 26.6. The first-order chi connectivity index (χ1) is 13.5. The molecule has 0 heterocycles. The van der Waals surface area contributed by atoms with E-state index < -0.39 is 6.04 Å². The van der Waals surface area contributed by atoms with E-state index in [2.05, 4.69) is 10.6 Å². The third-order valence-corrected chi connectivity index (χ3v) is 4.34. The molecule has 0 aliphatic heterocycles. The normalized spacial score (nSPS) is 11.4. The van der Waals surface area contributed by atoms with Crippen molar-refractivity contribution < 1.29 is 14.3 Å². The van der Waals surface area contributed by atoms with Crippen molar-refractivity contribution in [3.63, 3.8) is 0 Å². The monoisotopic (exact) mass is 380 g/mol. The third-order valence-electron chi connectivity index (χ3n) is 4.34. The number of hydrogen-bond acceptors (Lipinski definition) is 5. The van der Waals surface area contributed by atoms with Crippen LogP contribution in [0.5, 0.6) is 5.75 Å². The minimum absolute atomic E-state index is 0.0878. The molecule has 2 rings (SSSR count). The minimum atomic E-state index is -0.498. The summed E-state index contributed by atoms with van der Waals surface area (Å²) in [5.74, 6) is 0.287. The topological polar surface area (TPSA) is 94.5 Å². The molecule has 0 bridgehead atoms. The highest BCUT2D eigenvalue weighted by atomic mass is 16.5. The third kappa shape index (κ3) is 5.83. The number of anilines is 2. The first-order valence-electron chi connectivity index (χ1n) is 8.95. The van der Waals surface area contributed by atoms with Crippen LogP contribution in [0.3, 0.4) is 0 Å². The Bertz CT molecular complexity index is 841. The predicted molar refractivity (Wildman–Crippen MR) is 108 cm³/mol. The molecule has 7 nitrogen and oxygen atoms in total. The molecule has 0 aromatic heterocycles. The van der Waals surface area contributed by atoms with Gasteiger partial charge in [-0.05, 0) is 62.0 Å². The number of carbonyl (C=O) groups excluding carboxylic acids is 2. The summed E-state index contributed by atoms with van der Waals surface area (Å²) in [6.07, 6.45) is 0. The van der Waals surface area contributed by atoms with Gasteiger partial charge in [-0.25, -0.2) is 0 Å². The van der Waals surface area contributed by atoms with Crippen molar-refractivity contribution in [3.05, 3.63) is 54.1 Å². The van der Waals surface area contributed by atoms with E-state index in [1.165, 1.54) is 0 Å². The number of rotatable bonds is 8. The standard InChI is InChI=1S/C21H24N4O3/c1-4-25(14-20(26)23-17-9-11-19(28-3)12-10-17)15(2)21(27)24-18-7-5-16(13-22)6-8-18/h5-12,15H,4,14H2,1-3H3,(H,23,26)(H,24,27). The SMILES string of the molecule is CCN(CC(=O)Nc1ccc(OC)cc1)C(C)C(=O)Nc1ccc(C#N)cc1. The highest BCUT2D eigenvalue weighted by Crippen LogP contribution is 2.15. The van der Waals surface area contributed by atoms with Crippen LogP contribution in [-0.2, 0) is 9.59 Å². The van der Waals surface area contributed by atoms with Gasteiger partial charge in [0, 0.05) is 11.4 Å². The molecule has 2 amide bonds. The number of nitrogens with one attached hydrogen (secondary N) is 2. The van der Waals surface area contributed by atoms with Gasteiger partial charge in [-0.1, -0.05) is 6.92 Å². The molecule has 7 heteroatoms. The van der Waals surface area contributed by atoms with E-state index in [0.29, 0.717) is 29.2 Å². The van der Waals surface area contributed by atoms with Gasteiger partial charge in [0.05, 0.1) is 31.3 Å². The van der Waals surface area contributed by atoms with Gasteiger partial charge in [-0.3, -0.25) is 14.5 Å². The van der Waals surface area contributed by atoms with Crippen molar-refractivity contribution in [2.24, 2.45) is 0 Å². The van der Waals surface area contributed by atoms with Gasteiger partial charge in [-0.15, -0.1) is 0 Å². The van der Waals surface area contributed by atoms with Gasteiger partial charge >= 0.3 is 0 Å². The maximum absolute atomic E-state index is 12.5. The molecule has 2 aromatic rings. The van der Waals surface area contributed by atoms with E-state index in [4.69, 9.17) is 10.00 Å². The first kappa shape index (κ1) is 20.9. The van der Waals surface area contributed by atoms with Gasteiger partial charge in [0.15, 0.2) is 0 Å². The Hall–Kier alpha value is -3.37. The van der Waals surface area contributed by atoms with Crippen molar-refractivity contribution in [1.82, 2.24) is 4.90 Å². The van der Waals surface area contributed by atoms with Crippen LogP contribution in [-0.4, -0.2) is 43.0 Å². The zero-order valence-electron chi connectivity index (χ0n) is 16.2. The lowest BCUT2D eigenvalue weighted by molar-refractivity contribution is -0.123. The number of ether oxygens (including phenoxy) is 1. The summed E-state index contributed by atoms with van der Waals surface area (Å²) in [7, 11) is 1.58. The summed E-state index contributed by atoms with van der Waals surface area (Å²) in [6, 6.07) is 15.2. The molecular formula is C21H24N4O3. The maximum Gasteiger partial charge on any atom is 0.241 e. The molecule has 28 heavy (non-hydrogen) atoms. The fraction of sp³-hybridized carbons (Fsp3) is 0.286. The van der Waals surface area contributed by atoms with Crippen LogP contribution in [0.15, 0.2) is 48.5 Å². The van der Waals surface area contributed by atoms with E-state index >= 15 is 0 Å². The lowest BCUT2D eigenvalue weighted by atomic mass is 10.2. The number of amides is 2. The molecule has 0 radical (unpaired) electrons. The summed E-state index contributed by atoms with van der Waals surface area (Å²) < 4.78 is 5.09. The molecule has 0 fully saturated rings. The maximum atomic E-state index is 12.5. The summed E-state index contributed by atoms with van der Waals surface area (Å²) in [5, 5.41) is 14.5. The molecule has 1 atom stereocenters.